The number of aromatic nitrogens is 3. The molecule has 0 N–H and O–H groups in total. The Bertz CT molecular complexity index is 689. The van der Waals surface area contributed by atoms with Crippen LogP contribution in [-0.4, -0.2) is 19.3 Å². The molecule has 0 aromatic carbocycles. The van der Waals surface area contributed by atoms with Gasteiger partial charge < -0.3 is 4.40 Å². The van der Waals surface area contributed by atoms with Gasteiger partial charge in [0.25, 0.3) is 0 Å². The topological polar surface area (TPSA) is 73.3 Å². The lowest BCUT2D eigenvalue weighted by atomic mass is 10.4. The Morgan fingerprint density at radius 1 is 1.41 bits per heavy atom. The van der Waals surface area contributed by atoms with Gasteiger partial charge in [-0.2, -0.15) is 0 Å². The molecule has 0 atom stereocenters. The quantitative estimate of drug-likeness (QED) is 0.514. The first kappa shape index (κ1) is 9.91. The second-order valence-corrected chi connectivity index (χ2v) is 4.10. The van der Waals surface area contributed by atoms with E-state index in [4.69, 9.17) is 0 Å². The molecule has 3 aromatic rings. The fourth-order valence-corrected chi connectivity index (χ4v) is 2.15. The third kappa shape index (κ3) is 1.56. The normalized spacial score (nSPS) is 10.8. The predicted octanol–water partition coefficient (Wildman–Crippen LogP) is 2.37. The Balaban J connectivity index is 2.26. The molecule has 0 aliphatic carbocycles. The SMILES string of the molecule is O=[N+]([O-])c1cccn2cc(-c3cscn3)nc12. The highest BCUT2D eigenvalue weighted by atomic mass is 32.1. The molecule has 3 aromatic heterocycles. The van der Waals surface area contributed by atoms with Gasteiger partial charge >= 0.3 is 5.69 Å². The maximum absolute atomic E-state index is 10.8. The van der Waals surface area contributed by atoms with Gasteiger partial charge in [-0.15, -0.1) is 11.3 Å². The molecule has 0 amide bonds. The van der Waals surface area contributed by atoms with Crippen molar-refractivity contribution < 1.29 is 4.92 Å². The van der Waals surface area contributed by atoms with Gasteiger partial charge in [0, 0.05) is 23.8 Å². The van der Waals surface area contributed by atoms with Gasteiger partial charge in [-0.1, -0.05) is 0 Å². The minimum atomic E-state index is -0.437. The Morgan fingerprint density at radius 3 is 3.00 bits per heavy atom. The molecule has 0 bridgehead atoms. The van der Waals surface area contributed by atoms with Crippen LogP contribution in [0, 0.1) is 10.1 Å². The zero-order chi connectivity index (χ0) is 11.8. The van der Waals surface area contributed by atoms with Gasteiger partial charge in [0.05, 0.1) is 10.4 Å². The largest absolute Gasteiger partial charge is 0.312 e. The van der Waals surface area contributed by atoms with Gasteiger partial charge in [0.1, 0.15) is 11.4 Å². The number of rotatable bonds is 2. The molecule has 0 saturated carbocycles. The average molecular weight is 246 g/mol. The van der Waals surface area contributed by atoms with Crippen LogP contribution < -0.4 is 0 Å². The predicted molar refractivity (Wildman–Crippen MR) is 63.0 cm³/mol. The van der Waals surface area contributed by atoms with E-state index < -0.39 is 4.92 Å². The van der Waals surface area contributed by atoms with E-state index in [1.165, 1.54) is 17.4 Å². The summed E-state index contributed by atoms with van der Waals surface area (Å²) >= 11 is 1.46. The monoisotopic (exact) mass is 246 g/mol. The standard InChI is InChI=1S/C10H6N4O2S/c15-14(16)9-2-1-3-13-4-7(12-10(9)13)8-5-17-6-11-8/h1-6H. The van der Waals surface area contributed by atoms with Crippen molar-refractivity contribution >= 4 is 22.7 Å². The van der Waals surface area contributed by atoms with E-state index in [9.17, 15) is 10.1 Å². The Labute approximate surface area is 99.3 Å². The Morgan fingerprint density at radius 2 is 2.29 bits per heavy atom. The van der Waals surface area contributed by atoms with Crippen molar-refractivity contribution in [2.24, 2.45) is 0 Å². The summed E-state index contributed by atoms with van der Waals surface area (Å²) in [5.74, 6) is 0. The van der Waals surface area contributed by atoms with Crippen LogP contribution in [-0.2, 0) is 0 Å². The lowest BCUT2D eigenvalue weighted by Gasteiger charge is -1.92. The zero-order valence-electron chi connectivity index (χ0n) is 8.48. The maximum atomic E-state index is 10.8. The highest BCUT2D eigenvalue weighted by Crippen LogP contribution is 2.23. The van der Waals surface area contributed by atoms with Crippen LogP contribution in [0.25, 0.3) is 17.0 Å². The summed E-state index contributed by atoms with van der Waals surface area (Å²) in [5, 5.41) is 12.7. The number of fused-ring (bicyclic) bond motifs is 1. The molecule has 0 saturated heterocycles. The van der Waals surface area contributed by atoms with E-state index in [1.807, 2.05) is 5.38 Å². The minimum absolute atomic E-state index is 0.00557. The molecule has 0 fully saturated rings. The van der Waals surface area contributed by atoms with Crippen LogP contribution in [0.2, 0.25) is 0 Å². The Hall–Kier alpha value is -2.28. The molecular formula is C10H6N4O2S. The third-order valence-corrected chi connectivity index (χ3v) is 2.94. The summed E-state index contributed by atoms with van der Waals surface area (Å²) in [5.41, 5.74) is 3.40. The minimum Gasteiger partial charge on any atom is -0.301 e. The lowest BCUT2D eigenvalue weighted by molar-refractivity contribution is -0.383. The smallest absolute Gasteiger partial charge is 0.301 e. The van der Waals surface area contributed by atoms with Crippen LogP contribution >= 0.6 is 11.3 Å². The first-order valence-electron chi connectivity index (χ1n) is 4.76. The molecule has 0 aliphatic heterocycles. The molecule has 84 valence electrons. The Kier molecular flexibility index (Phi) is 2.12. The second kappa shape index (κ2) is 3.63. The van der Waals surface area contributed by atoms with Crippen molar-refractivity contribution in [2.45, 2.75) is 0 Å². The van der Waals surface area contributed by atoms with E-state index in [-0.39, 0.29) is 5.69 Å². The first-order chi connectivity index (χ1) is 8.25. The maximum Gasteiger partial charge on any atom is 0.312 e. The van der Waals surface area contributed by atoms with Gasteiger partial charge in [0.2, 0.25) is 5.65 Å². The van der Waals surface area contributed by atoms with E-state index in [0.29, 0.717) is 11.3 Å². The van der Waals surface area contributed by atoms with Gasteiger partial charge in [0.15, 0.2) is 0 Å². The summed E-state index contributed by atoms with van der Waals surface area (Å²) in [7, 11) is 0. The van der Waals surface area contributed by atoms with Crippen molar-refractivity contribution in [1.82, 2.24) is 14.4 Å². The summed E-state index contributed by atoms with van der Waals surface area (Å²) < 4.78 is 1.63. The van der Waals surface area contributed by atoms with Crippen LogP contribution in [0.15, 0.2) is 35.4 Å². The van der Waals surface area contributed by atoms with Crippen molar-refractivity contribution in [2.75, 3.05) is 0 Å². The van der Waals surface area contributed by atoms with Crippen molar-refractivity contribution in [3.8, 4) is 11.4 Å². The van der Waals surface area contributed by atoms with Crippen molar-refractivity contribution in [1.29, 1.82) is 0 Å². The highest BCUT2D eigenvalue weighted by molar-refractivity contribution is 7.07. The van der Waals surface area contributed by atoms with E-state index in [2.05, 4.69) is 9.97 Å². The number of imidazole rings is 1. The molecule has 0 unspecified atom stereocenters. The summed E-state index contributed by atoms with van der Waals surface area (Å²) in [6, 6.07) is 3.06. The van der Waals surface area contributed by atoms with Crippen LogP contribution in [0.1, 0.15) is 0 Å². The second-order valence-electron chi connectivity index (χ2n) is 3.38. The fourth-order valence-electron chi connectivity index (χ4n) is 1.60. The van der Waals surface area contributed by atoms with Crippen molar-refractivity contribution in [3.63, 3.8) is 0 Å². The van der Waals surface area contributed by atoms with E-state index in [1.54, 1.807) is 28.4 Å². The number of nitrogens with zero attached hydrogens (tertiary/aromatic N) is 4. The van der Waals surface area contributed by atoms with Gasteiger partial charge in [-0.25, -0.2) is 9.97 Å². The van der Waals surface area contributed by atoms with Crippen LogP contribution in [0.4, 0.5) is 5.69 Å². The van der Waals surface area contributed by atoms with Crippen LogP contribution in [0.3, 0.4) is 0 Å². The number of nitro groups is 1. The summed E-state index contributed by atoms with van der Waals surface area (Å²) in [6.45, 7) is 0. The number of hydrogen-bond acceptors (Lipinski definition) is 5. The van der Waals surface area contributed by atoms with E-state index in [0.717, 1.165) is 5.69 Å². The lowest BCUT2D eigenvalue weighted by Crippen LogP contribution is -1.92. The number of hydrogen-bond donors (Lipinski definition) is 0. The molecule has 6 nitrogen and oxygen atoms in total. The molecule has 0 spiro atoms. The summed E-state index contributed by atoms with van der Waals surface area (Å²) in [4.78, 5) is 18.8. The average Bonchev–Trinajstić information content (AvgIpc) is 2.96. The molecule has 3 rings (SSSR count). The molecule has 3 heterocycles. The van der Waals surface area contributed by atoms with Crippen molar-refractivity contribution in [3.05, 3.63) is 45.5 Å². The number of thiazole rings is 1. The van der Waals surface area contributed by atoms with Crippen LogP contribution in [0.5, 0.6) is 0 Å². The molecule has 17 heavy (non-hydrogen) atoms. The molecule has 0 aliphatic rings. The number of pyridine rings is 1. The molecule has 7 heteroatoms. The van der Waals surface area contributed by atoms with Gasteiger partial charge in [-0.3, -0.25) is 10.1 Å². The molecular weight excluding hydrogens is 240 g/mol. The van der Waals surface area contributed by atoms with Gasteiger partial charge in [-0.05, 0) is 6.07 Å². The first-order valence-corrected chi connectivity index (χ1v) is 5.70. The van der Waals surface area contributed by atoms with E-state index >= 15 is 0 Å². The molecule has 0 radical (unpaired) electrons. The highest BCUT2D eigenvalue weighted by Gasteiger charge is 2.15. The third-order valence-electron chi connectivity index (χ3n) is 2.35. The summed E-state index contributed by atoms with van der Waals surface area (Å²) in [6.07, 6.45) is 3.46. The fraction of sp³-hybridized carbons (Fsp3) is 0. The zero-order valence-corrected chi connectivity index (χ0v) is 9.29.